The van der Waals surface area contributed by atoms with Gasteiger partial charge in [-0.05, 0) is 37.1 Å². The summed E-state index contributed by atoms with van der Waals surface area (Å²) in [7, 11) is 1.55. The zero-order valence-electron chi connectivity index (χ0n) is 10.4. The first-order valence-electron chi connectivity index (χ1n) is 5.90. The average molecular weight is 267 g/mol. The van der Waals surface area contributed by atoms with Crippen molar-refractivity contribution in [2.24, 2.45) is 0 Å². The highest BCUT2D eigenvalue weighted by Crippen LogP contribution is 2.23. The molecule has 0 aromatic heterocycles. The molecule has 1 heterocycles. The number of halogens is 1. The molecule has 19 heavy (non-hydrogen) atoms. The van der Waals surface area contributed by atoms with Gasteiger partial charge in [-0.25, -0.2) is 9.18 Å². The molecule has 1 saturated heterocycles. The number of benzene rings is 1. The summed E-state index contributed by atoms with van der Waals surface area (Å²) in [6, 6.07) is 5.48. The van der Waals surface area contributed by atoms with E-state index in [0.717, 1.165) is 0 Å². The van der Waals surface area contributed by atoms with Gasteiger partial charge in [0.25, 0.3) is 5.91 Å². The number of hydrogen-bond acceptors (Lipinski definition) is 3. The van der Waals surface area contributed by atoms with Gasteiger partial charge in [-0.15, -0.1) is 0 Å². The van der Waals surface area contributed by atoms with E-state index in [2.05, 4.69) is 0 Å². The molecule has 1 aromatic rings. The van der Waals surface area contributed by atoms with Gasteiger partial charge in [-0.3, -0.25) is 4.79 Å². The fraction of sp³-hybridized carbons (Fsp3) is 0.385. The number of anilines is 1. The number of hydrogen-bond donors (Lipinski definition) is 1. The third kappa shape index (κ3) is 2.90. The summed E-state index contributed by atoms with van der Waals surface area (Å²) in [5, 5.41) is 8.81. The topological polar surface area (TPSA) is 66.8 Å². The fourth-order valence-corrected chi connectivity index (χ4v) is 2.01. The lowest BCUT2D eigenvalue weighted by atomic mass is 10.1. The van der Waals surface area contributed by atoms with Crippen LogP contribution in [-0.2, 0) is 14.3 Å². The standard InChI is InChI=1S/C13H14FNO4/c1-15(9-4-2-8(14)3-5-9)12(16)10-6-7-11(19-10)13(17)18/h2-5,10-11H,6-7H2,1H3,(H,17,18). The highest BCUT2D eigenvalue weighted by atomic mass is 19.1. The molecule has 1 N–H and O–H groups in total. The van der Waals surface area contributed by atoms with E-state index in [1.165, 1.54) is 29.2 Å². The van der Waals surface area contributed by atoms with Gasteiger partial charge in [0.05, 0.1) is 0 Å². The molecule has 0 saturated carbocycles. The number of carbonyl (C=O) groups excluding carboxylic acids is 1. The maximum absolute atomic E-state index is 12.8. The van der Waals surface area contributed by atoms with Crippen LogP contribution >= 0.6 is 0 Å². The van der Waals surface area contributed by atoms with Crippen LogP contribution in [-0.4, -0.2) is 36.2 Å². The molecule has 0 aliphatic carbocycles. The van der Waals surface area contributed by atoms with Crippen molar-refractivity contribution in [3.63, 3.8) is 0 Å². The minimum Gasteiger partial charge on any atom is -0.479 e. The molecule has 6 heteroatoms. The molecule has 0 radical (unpaired) electrons. The Bertz CT molecular complexity index is 488. The van der Waals surface area contributed by atoms with Gasteiger partial charge < -0.3 is 14.7 Å². The van der Waals surface area contributed by atoms with E-state index in [1.54, 1.807) is 7.05 Å². The van der Waals surface area contributed by atoms with Crippen LogP contribution < -0.4 is 4.90 Å². The number of ether oxygens (including phenoxy) is 1. The Labute approximate surface area is 109 Å². The minimum atomic E-state index is -1.06. The molecule has 102 valence electrons. The summed E-state index contributed by atoms with van der Waals surface area (Å²) in [6.45, 7) is 0. The van der Waals surface area contributed by atoms with Crippen LogP contribution in [0.25, 0.3) is 0 Å². The Morgan fingerprint density at radius 3 is 2.37 bits per heavy atom. The molecule has 2 unspecified atom stereocenters. The van der Waals surface area contributed by atoms with Crippen LogP contribution in [0.5, 0.6) is 0 Å². The lowest BCUT2D eigenvalue weighted by molar-refractivity contribution is -0.151. The number of rotatable bonds is 3. The van der Waals surface area contributed by atoms with Crippen LogP contribution in [0, 0.1) is 5.82 Å². The monoisotopic (exact) mass is 267 g/mol. The lowest BCUT2D eigenvalue weighted by Gasteiger charge is -2.21. The first-order valence-corrected chi connectivity index (χ1v) is 5.90. The third-order valence-corrected chi connectivity index (χ3v) is 3.11. The van der Waals surface area contributed by atoms with E-state index < -0.39 is 18.2 Å². The second-order valence-electron chi connectivity index (χ2n) is 4.40. The number of carbonyl (C=O) groups is 2. The van der Waals surface area contributed by atoms with Gasteiger partial charge >= 0.3 is 5.97 Å². The maximum Gasteiger partial charge on any atom is 0.332 e. The van der Waals surface area contributed by atoms with Gasteiger partial charge in [0.15, 0.2) is 6.10 Å². The van der Waals surface area contributed by atoms with Crippen molar-refractivity contribution in [3.8, 4) is 0 Å². The third-order valence-electron chi connectivity index (χ3n) is 3.11. The summed E-state index contributed by atoms with van der Waals surface area (Å²) in [6.07, 6.45) is -0.976. The van der Waals surface area contributed by atoms with Crippen LogP contribution in [0.4, 0.5) is 10.1 Å². The zero-order valence-corrected chi connectivity index (χ0v) is 10.4. The quantitative estimate of drug-likeness (QED) is 0.899. The summed E-state index contributed by atoms with van der Waals surface area (Å²) in [5.74, 6) is -1.76. The molecule has 1 fully saturated rings. The summed E-state index contributed by atoms with van der Waals surface area (Å²) in [5.41, 5.74) is 0.536. The maximum atomic E-state index is 12.8. The fourth-order valence-electron chi connectivity index (χ4n) is 2.01. The van der Waals surface area contributed by atoms with E-state index in [9.17, 15) is 14.0 Å². The second-order valence-corrected chi connectivity index (χ2v) is 4.40. The first-order chi connectivity index (χ1) is 8.99. The molecule has 0 spiro atoms. The molecule has 1 aliphatic rings. The van der Waals surface area contributed by atoms with E-state index in [0.29, 0.717) is 18.5 Å². The van der Waals surface area contributed by atoms with Gasteiger partial charge in [-0.2, -0.15) is 0 Å². The van der Waals surface area contributed by atoms with Crippen molar-refractivity contribution >= 4 is 17.6 Å². The van der Waals surface area contributed by atoms with Crippen LogP contribution in [0.1, 0.15) is 12.8 Å². The Kier molecular flexibility index (Phi) is 3.80. The largest absolute Gasteiger partial charge is 0.479 e. The predicted octanol–water partition coefficient (Wildman–Crippen LogP) is 1.42. The van der Waals surface area contributed by atoms with Gasteiger partial charge in [-0.1, -0.05) is 0 Å². The molecule has 0 bridgehead atoms. The smallest absolute Gasteiger partial charge is 0.332 e. The van der Waals surface area contributed by atoms with Crippen LogP contribution in [0.2, 0.25) is 0 Å². The normalized spacial score (nSPS) is 22.2. The molecule has 5 nitrogen and oxygen atoms in total. The van der Waals surface area contributed by atoms with Crippen molar-refractivity contribution in [2.45, 2.75) is 25.0 Å². The summed E-state index contributed by atoms with van der Waals surface area (Å²) >= 11 is 0. The molecule has 1 amide bonds. The van der Waals surface area contributed by atoms with Crippen molar-refractivity contribution in [2.75, 3.05) is 11.9 Å². The van der Waals surface area contributed by atoms with E-state index in [4.69, 9.17) is 9.84 Å². The lowest BCUT2D eigenvalue weighted by Crippen LogP contribution is -2.37. The second kappa shape index (κ2) is 5.36. The number of carboxylic acids is 1. The Balaban J connectivity index is 2.04. The van der Waals surface area contributed by atoms with Crippen molar-refractivity contribution in [1.82, 2.24) is 0 Å². The SMILES string of the molecule is CN(C(=O)C1CCC(C(=O)O)O1)c1ccc(F)cc1. The molecular formula is C13H14FNO4. The van der Waals surface area contributed by atoms with Crippen molar-refractivity contribution in [3.05, 3.63) is 30.1 Å². The zero-order chi connectivity index (χ0) is 14.0. The number of nitrogens with zero attached hydrogens (tertiary/aromatic N) is 1. The van der Waals surface area contributed by atoms with Crippen LogP contribution in [0.15, 0.2) is 24.3 Å². The number of amides is 1. The highest BCUT2D eigenvalue weighted by molar-refractivity contribution is 5.96. The molecule has 2 rings (SSSR count). The number of aliphatic carboxylic acids is 1. The van der Waals surface area contributed by atoms with E-state index >= 15 is 0 Å². The number of likely N-dealkylation sites (N-methyl/N-ethyl adjacent to an activating group) is 1. The molecular weight excluding hydrogens is 253 g/mol. The Morgan fingerprint density at radius 1 is 1.26 bits per heavy atom. The van der Waals surface area contributed by atoms with Crippen LogP contribution in [0.3, 0.4) is 0 Å². The highest BCUT2D eigenvalue weighted by Gasteiger charge is 2.36. The van der Waals surface area contributed by atoms with Crippen molar-refractivity contribution < 1.29 is 23.8 Å². The van der Waals surface area contributed by atoms with E-state index in [1.807, 2.05) is 0 Å². The molecule has 1 aromatic carbocycles. The molecule has 2 atom stereocenters. The van der Waals surface area contributed by atoms with Gasteiger partial charge in [0.2, 0.25) is 0 Å². The van der Waals surface area contributed by atoms with Gasteiger partial charge in [0, 0.05) is 12.7 Å². The Morgan fingerprint density at radius 2 is 1.84 bits per heavy atom. The minimum absolute atomic E-state index is 0.322. The van der Waals surface area contributed by atoms with E-state index in [-0.39, 0.29) is 11.7 Å². The average Bonchev–Trinajstić information content (AvgIpc) is 2.87. The predicted molar refractivity (Wildman–Crippen MR) is 65.3 cm³/mol. The van der Waals surface area contributed by atoms with Crippen molar-refractivity contribution in [1.29, 1.82) is 0 Å². The summed E-state index contributed by atoms with van der Waals surface area (Å²) in [4.78, 5) is 24.2. The first kappa shape index (κ1) is 13.5. The summed E-state index contributed by atoms with van der Waals surface area (Å²) < 4.78 is 18.0. The Hall–Kier alpha value is -1.95. The molecule has 1 aliphatic heterocycles. The van der Waals surface area contributed by atoms with Gasteiger partial charge in [0.1, 0.15) is 11.9 Å². The number of carboxylic acid groups (broad SMARTS) is 1.